The molecule has 12 nitrogen and oxygen atoms in total. The molecule has 0 fully saturated rings. The summed E-state index contributed by atoms with van der Waals surface area (Å²) in [6.07, 6.45) is 0. The molecule has 0 atom stereocenters. The fourth-order valence-corrected chi connectivity index (χ4v) is 3.25. The minimum absolute atomic E-state index is 0.0105. The van der Waals surface area contributed by atoms with Crippen LogP contribution in [0.15, 0.2) is 63.9 Å². The lowest BCUT2D eigenvalue weighted by Gasteiger charge is -2.03. The number of aromatic hydroxyl groups is 2. The first kappa shape index (κ1) is 30.2. The topological polar surface area (TPSA) is 205 Å². The highest BCUT2D eigenvalue weighted by molar-refractivity contribution is 6.17. The Morgan fingerprint density at radius 1 is 0.789 bits per heavy atom. The number of hydroxylamine groups is 2. The Morgan fingerprint density at radius 2 is 1.26 bits per heavy atom. The molecule has 38 heavy (non-hydrogen) atoms. The molecule has 4 aromatic rings. The molecule has 0 spiro atoms. The third-order valence-electron chi connectivity index (χ3n) is 4.85. The summed E-state index contributed by atoms with van der Waals surface area (Å²) in [7, 11) is 0. The van der Waals surface area contributed by atoms with Gasteiger partial charge in [0.05, 0.1) is 23.1 Å². The van der Waals surface area contributed by atoms with Crippen LogP contribution in [0.5, 0.6) is 11.5 Å². The summed E-state index contributed by atoms with van der Waals surface area (Å²) < 4.78 is 4.90. The second-order valence-corrected chi connectivity index (χ2v) is 7.91. The number of alkyl halides is 2. The average molecular weight is 568 g/mol. The molecule has 0 aliphatic carbocycles. The van der Waals surface area contributed by atoms with Crippen LogP contribution in [0.2, 0.25) is 0 Å². The lowest BCUT2D eigenvalue weighted by Crippen LogP contribution is -2.18. The zero-order chi connectivity index (χ0) is 28.2. The van der Waals surface area contributed by atoms with E-state index in [9.17, 15) is 24.6 Å². The van der Waals surface area contributed by atoms with Gasteiger partial charge in [0.2, 0.25) is 0 Å². The van der Waals surface area contributed by atoms with E-state index in [4.69, 9.17) is 43.2 Å². The standard InChI is InChI=1S/C8H8ClNO3.C8H6ClNO2.C8H9NO4/c9-4-5-1-2-6(7(11)3-5)8(12)10-13;9-4-5-1-2-6-7(3-5)12-10-8(6)11;10-4-5-1-2-6(7(11)3-5)8(12)9-13/h1-3,11,13H,4H2,(H,10,12);1-3H,4H2,(H,10,11);1-3,10-11,13H,4H2,(H,9,12). The minimum atomic E-state index is -0.790. The summed E-state index contributed by atoms with van der Waals surface area (Å²) in [5.41, 5.74) is 5.28. The molecule has 0 aliphatic heterocycles. The predicted molar refractivity (Wildman–Crippen MR) is 137 cm³/mol. The summed E-state index contributed by atoms with van der Waals surface area (Å²) in [4.78, 5) is 32.7. The molecule has 0 unspecified atom stereocenters. The molecule has 1 aromatic heterocycles. The van der Waals surface area contributed by atoms with Crippen LogP contribution in [-0.2, 0) is 18.4 Å². The van der Waals surface area contributed by atoms with Crippen LogP contribution in [0.1, 0.15) is 37.4 Å². The van der Waals surface area contributed by atoms with Gasteiger partial charge in [-0.1, -0.05) is 18.2 Å². The first-order chi connectivity index (χ1) is 18.2. The fraction of sp³-hybridized carbons (Fsp3) is 0.125. The molecular weight excluding hydrogens is 545 g/mol. The van der Waals surface area contributed by atoms with Crippen molar-refractivity contribution in [2.24, 2.45) is 0 Å². The van der Waals surface area contributed by atoms with Crippen LogP contribution in [0.4, 0.5) is 0 Å². The van der Waals surface area contributed by atoms with Crippen LogP contribution in [0, 0.1) is 0 Å². The number of carbonyl (C=O) groups is 2. The highest BCUT2D eigenvalue weighted by Gasteiger charge is 2.10. The Bertz CT molecular complexity index is 1390. The number of phenols is 2. The van der Waals surface area contributed by atoms with Gasteiger partial charge in [0.15, 0.2) is 5.58 Å². The van der Waals surface area contributed by atoms with Gasteiger partial charge in [-0.2, -0.15) is 5.16 Å². The number of aliphatic hydroxyl groups is 1. The van der Waals surface area contributed by atoms with Gasteiger partial charge in [-0.25, -0.2) is 11.0 Å². The van der Waals surface area contributed by atoms with Gasteiger partial charge in [0.25, 0.3) is 17.4 Å². The average Bonchev–Trinajstić information content (AvgIpc) is 3.32. The van der Waals surface area contributed by atoms with E-state index in [2.05, 4.69) is 5.16 Å². The molecule has 14 heteroatoms. The van der Waals surface area contributed by atoms with Gasteiger partial charge in [-0.05, 0) is 53.1 Å². The zero-order valence-electron chi connectivity index (χ0n) is 19.4. The van der Waals surface area contributed by atoms with Crippen LogP contribution in [-0.4, -0.2) is 42.7 Å². The Hall–Kier alpha value is -4.07. The van der Waals surface area contributed by atoms with Crippen molar-refractivity contribution in [1.29, 1.82) is 0 Å². The molecule has 0 bridgehead atoms. The lowest BCUT2D eigenvalue weighted by molar-refractivity contribution is 0.0698. The molecule has 0 saturated carbocycles. The summed E-state index contributed by atoms with van der Waals surface area (Å²) in [6.45, 7) is -0.214. The number of aliphatic hydroxyl groups excluding tert-OH is 1. The largest absolute Gasteiger partial charge is 0.507 e. The van der Waals surface area contributed by atoms with Crippen molar-refractivity contribution >= 4 is 46.0 Å². The number of halogens is 2. The van der Waals surface area contributed by atoms with Gasteiger partial charge >= 0.3 is 0 Å². The number of phenolic OH excluding ortho intramolecular Hbond substituents is 2. The highest BCUT2D eigenvalue weighted by Crippen LogP contribution is 2.20. The fourth-order valence-electron chi connectivity index (χ4n) is 2.92. The van der Waals surface area contributed by atoms with Gasteiger partial charge in [0.1, 0.15) is 11.5 Å². The molecule has 3 aromatic carbocycles. The van der Waals surface area contributed by atoms with Crippen LogP contribution >= 0.6 is 23.2 Å². The number of amides is 2. The van der Waals surface area contributed by atoms with Crippen molar-refractivity contribution in [1.82, 2.24) is 16.1 Å². The predicted octanol–water partition coefficient (Wildman–Crippen LogP) is 3.11. The molecule has 8 N–H and O–H groups in total. The van der Waals surface area contributed by atoms with E-state index in [1.165, 1.54) is 41.3 Å². The van der Waals surface area contributed by atoms with Gasteiger partial charge in [0, 0.05) is 11.8 Å². The lowest BCUT2D eigenvalue weighted by atomic mass is 10.1. The number of aromatic nitrogens is 1. The Balaban J connectivity index is 0.000000200. The number of rotatable bonds is 5. The molecule has 202 valence electrons. The number of hydrogen-bond acceptors (Lipinski definition) is 9. The van der Waals surface area contributed by atoms with Crippen LogP contribution in [0.25, 0.3) is 11.0 Å². The molecule has 4 rings (SSSR count). The van der Waals surface area contributed by atoms with Crippen LogP contribution < -0.4 is 16.5 Å². The number of H-pyrrole nitrogens is 1. The maximum Gasteiger partial charge on any atom is 0.287 e. The van der Waals surface area contributed by atoms with Crippen LogP contribution in [0.3, 0.4) is 0 Å². The monoisotopic (exact) mass is 567 g/mol. The molecule has 0 aliphatic rings. The van der Waals surface area contributed by atoms with E-state index < -0.39 is 11.8 Å². The van der Waals surface area contributed by atoms with Gasteiger partial charge < -0.3 is 19.8 Å². The van der Waals surface area contributed by atoms with Crippen molar-refractivity contribution in [3.05, 3.63) is 92.8 Å². The highest BCUT2D eigenvalue weighted by atomic mass is 35.5. The number of carbonyl (C=O) groups excluding carboxylic acids is 2. The third-order valence-corrected chi connectivity index (χ3v) is 5.47. The Labute approximate surface area is 224 Å². The zero-order valence-corrected chi connectivity index (χ0v) is 21.0. The Morgan fingerprint density at radius 3 is 1.74 bits per heavy atom. The number of aromatic amines is 1. The molecule has 1 heterocycles. The van der Waals surface area contributed by atoms with E-state index in [-0.39, 0.29) is 40.7 Å². The van der Waals surface area contributed by atoms with Crippen molar-refractivity contribution in [3.63, 3.8) is 0 Å². The summed E-state index contributed by atoms with van der Waals surface area (Å²) in [5.74, 6) is -1.34. The second-order valence-electron chi connectivity index (χ2n) is 7.37. The van der Waals surface area contributed by atoms with Gasteiger partial charge in [-0.3, -0.25) is 24.8 Å². The maximum absolute atomic E-state index is 11.0. The molecular formula is C24H23Cl2N3O9. The first-order valence-electron chi connectivity index (χ1n) is 10.5. The smallest absolute Gasteiger partial charge is 0.287 e. The van der Waals surface area contributed by atoms with E-state index in [0.29, 0.717) is 28.0 Å². The number of benzene rings is 3. The van der Waals surface area contributed by atoms with Crippen molar-refractivity contribution < 1.29 is 39.8 Å². The van der Waals surface area contributed by atoms with E-state index in [1.54, 1.807) is 24.3 Å². The van der Waals surface area contributed by atoms with E-state index >= 15 is 0 Å². The third kappa shape index (κ3) is 7.96. The Kier molecular flexibility index (Phi) is 11.6. The maximum atomic E-state index is 11.0. The van der Waals surface area contributed by atoms with Crippen molar-refractivity contribution in [2.75, 3.05) is 0 Å². The van der Waals surface area contributed by atoms with E-state index in [1.807, 2.05) is 0 Å². The van der Waals surface area contributed by atoms with Gasteiger partial charge in [-0.15, -0.1) is 23.2 Å². The number of hydrogen-bond donors (Lipinski definition) is 8. The first-order valence-corrected chi connectivity index (χ1v) is 11.6. The summed E-state index contributed by atoms with van der Waals surface area (Å²) >= 11 is 11.1. The molecule has 0 radical (unpaired) electrons. The van der Waals surface area contributed by atoms with Crippen molar-refractivity contribution in [2.45, 2.75) is 18.4 Å². The SMILES string of the molecule is O=C(NO)c1ccc(CCl)cc1O.O=C(NO)c1ccc(CO)cc1O.O=c1[nH]oc2cc(CCl)ccc12. The number of nitrogens with one attached hydrogen (secondary N) is 3. The second kappa shape index (κ2) is 14.6. The van der Waals surface area contributed by atoms with E-state index in [0.717, 1.165) is 5.56 Å². The quantitative estimate of drug-likeness (QED) is 0.101. The minimum Gasteiger partial charge on any atom is -0.507 e. The molecule has 2 amide bonds. The summed E-state index contributed by atoms with van der Waals surface area (Å²) in [6, 6.07) is 13.7. The molecule has 0 saturated heterocycles. The summed E-state index contributed by atoms with van der Waals surface area (Å²) in [5, 5.41) is 46.6. The number of fused-ring (bicyclic) bond motifs is 1. The van der Waals surface area contributed by atoms with Crippen molar-refractivity contribution in [3.8, 4) is 11.5 Å². The normalized spacial score (nSPS) is 10.0.